The van der Waals surface area contributed by atoms with E-state index in [-0.39, 0.29) is 11.4 Å². The van der Waals surface area contributed by atoms with Crippen molar-refractivity contribution in [3.8, 4) is 0 Å². The van der Waals surface area contributed by atoms with E-state index in [2.05, 4.69) is 0 Å². The van der Waals surface area contributed by atoms with E-state index >= 15 is 0 Å². The van der Waals surface area contributed by atoms with Crippen molar-refractivity contribution in [2.24, 2.45) is 5.92 Å². The lowest BCUT2D eigenvalue weighted by molar-refractivity contribution is -0.144. The van der Waals surface area contributed by atoms with Crippen molar-refractivity contribution in [3.63, 3.8) is 0 Å². The van der Waals surface area contributed by atoms with E-state index in [0.717, 1.165) is 6.07 Å². The molecular formula is C11H9ClFNO3. The van der Waals surface area contributed by atoms with Crippen LogP contribution in [0.4, 0.5) is 10.1 Å². The summed E-state index contributed by atoms with van der Waals surface area (Å²) in [6.07, 6.45) is 0.253. The van der Waals surface area contributed by atoms with Gasteiger partial charge in [-0.05, 0) is 24.6 Å². The van der Waals surface area contributed by atoms with Crippen LogP contribution in [-0.4, -0.2) is 23.5 Å². The quantitative estimate of drug-likeness (QED) is 0.824. The fraction of sp³-hybridized carbons (Fsp3) is 0.273. The number of hydrogen-bond donors (Lipinski definition) is 1. The molecular weight excluding hydrogens is 249 g/mol. The van der Waals surface area contributed by atoms with E-state index in [9.17, 15) is 14.0 Å². The van der Waals surface area contributed by atoms with Gasteiger partial charge in [-0.2, -0.15) is 0 Å². The van der Waals surface area contributed by atoms with Gasteiger partial charge in [0.15, 0.2) is 0 Å². The van der Waals surface area contributed by atoms with Crippen LogP contribution in [0, 0.1) is 11.7 Å². The molecule has 0 aliphatic carbocycles. The first kappa shape index (κ1) is 11.9. The van der Waals surface area contributed by atoms with E-state index in [0.29, 0.717) is 12.2 Å². The average molecular weight is 258 g/mol. The number of carbonyl (C=O) groups is 2. The first-order chi connectivity index (χ1) is 8.00. The molecule has 1 aromatic carbocycles. The third kappa shape index (κ3) is 2.10. The van der Waals surface area contributed by atoms with Crippen LogP contribution in [0.3, 0.4) is 0 Å². The highest BCUT2D eigenvalue weighted by Gasteiger charge is 2.37. The molecule has 0 saturated carbocycles. The van der Waals surface area contributed by atoms with Crippen LogP contribution in [0.5, 0.6) is 0 Å². The van der Waals surface area contributed by atoms with Gasteiger partial charge in [-0.15, -0.1) is 0 Å². The SMILES string of the molecule is O=C(O)[C@H]1CCN(c2ccc(F)c(Cl)c2)C1=O. The number of nitrogens with zero attached hydrogens (tertiary/aromatic N) is 1. The highest BCUT2D eigenvalue weighted by Crippen LogP contribution is 2.28. The highest BCUT2D eigenvalue weighted by atomic mass is 35.5. The normalized spacial score (nSPS) is 19.8. The molecule has 0 radical (unpaired) electrons. The fourth-order valence-electron chi connectivity index (χ4n) is 1.82. The smallest absolute Gasteiger partial charge is 0.316 e. The first-order valence-electron chi connectivity index (χ1n) is 5.00. The maximum atomic E-state index is 13.0. The molecule has 1 aliphatic heterocycles. The lowest BCUT2D eigenvalue weighted by atomic mass is 10.1. The molecule has 1 aromatic rings. The summed E-state index contributed by atoms with van der Waals surface area (Å²) in [5, 5.41) is 8.72. The van der Waals surface area contributed by atoms with E-state index < -0.39 is 23.6 Å². The second kappa shape index (κ2) is 4.33. The molecule has 90 valence electrons. The van der Waals surface area contributed by atoms with Gasteiger partial charge in [0, 0.05) is 12.2 Å². The topological polar surface area (TPSA) is 57.6 Å². The Morgan fingerprint density at radius 3 is 2.76 bits per heavy atom. The van der Waals surface area contributed by atoms with E-state index in [1.54, 1.807) is 0 Å². The summed E-state index contributed by atoms with van der Waals surface area (Å²) in [7, 11) is 0. The Morgan fingerprint density at radius 2 is 2.24 bits per heavy atom. The zero-order chi connectivity index (χ0) is 12.6. The van der Waals surface area contributed by atoms with Crippen LogP contribution >= 0.6 is 11.6 Å². The Hall–Kier alpha value is -1.62. The third-order valence-corrected chi connectivity index (χ3v) is 3.01. The van der Waals surface area contributed by atoms with Crippen molar-refractivity contribution in [2.75, 3.05) is 11.4 Å². The summed E-state index contributed by atoms with van der Waals surface area (Å²) in [4.78, 5) is 23.8. The molecule has 1 aliphatic rings. The minimum atomic E-state index is -1.13. The predicted molar refractivity (Wildman–Crippen MR) is 59.5 cm³/mol. The second-order valence-electron chi connectivity index (χ2n) is 3.77. The summed E-state index contributed by atoms with van der Waals surface area (Å²) >= 11 is 5.61. The van der Waals surface area contributed by atoms with Crippen LogP contribution in [0.25, 0.3) is 0 Å². The molecule has 0 bridgehead atoms. The van der Waals surface area contributed by atoms with Crippen LogP contribution in [-0.2, 0) is 9.59 Å². The number of carboxylic acids is 1. The highest BCUT2D eigenvalue weighted by molar-refractivity contribution is 6.31. The number of anilines is 1. The van der Waals surface area contributed by atoms with E-state index in [4.69, 9.17) is 16.7 Å². The molecule has 1 N–H and O–H groups in total. The van der Waals surface area contributed by atoms with Gasteiger partial charge in [-0.3, -0.25) is 9.59 Å². The Balaban J connectivity index is 2.27. The molecule has 0 aromatic heterocycles. The Kier molecular flexibility index (Phi) is 3.02. The van der Waals surface area contributed by atoms with E-state index in [1.165, 1.54) is 17.0 Å². The first-order valence-corrected chi connectivity index (χ1v) is 5.37. The molecule has 1 heterocycles. The number of benzene rings is 1. The Labute approximate surface area is 102 Å². The maximum absolute atomic E-state index is 13.0. The number of halogens is 2. The summed E-state index contributed by atoms with van der Waals surface area (Å²) < 4.78 is 13.0. The maximum Gasteiger partial charge on any atom is 0.316 e. The van der Waals surface area contributed by atoms with Crippen LogP contribution in [0.1, 0.15) is 6.42 Å². The average Bonchev–Trinajstić information content (AvgIpc) is 2.64. The summed E-state index contributed by atoms with van der Waals surface area (Å²) in [5.74, 6) is -3.21. The Bertz CT molecular complexity index is 492. The molecule has 1 fully saturated rings. The molecule has 1 atom stereocenters. The van der Waals surface area contributed by atoms with Gasteiger partial charge in [0.1, 0.15) is 11.7 Å². The number of carboxylic acid groups (broad SMARTS) is 1. The zero-order valence-electron chi connectivity index (χ0n) is 8.69. The molecule has 1 saturated heterocycles. The summed E-state index contributed by atoms with van der Waals surface area (Å²) in [6, 6.07) is 3.88. The van der Waals surface area contributed by atoms with Crippen LogP contribution < -0.4 is 4.90 Å². The van der Waals surface area contributed by atoms with Gasteiger partial charge in [-0.1, -0.05) is 11.6 Å². The number of rotatable bonds is 2. The number of aliphatic carboxylic acids is 1. The molecule has 2 rings (SSSR count). The molecule has 6 heteroatoms. The summed E-state index contributed by atoms with van der Waals surface area (Å²) in [6.45, 7) is 0.303. The van der Waals surface area contributed by atoms with Crippen molar-refractivity contribution >= 4 is 29.2 Å². The predicted octanol–water partition coefficient (Wildman–Crippen LogP) is 1.92. The van der Waals surface area contributed by atoms with Crippen molar-refractivity contribution in [3.05, 3.63) is 29.0 Å². The van der Waals surface area contributed by atoms with Crippen molar-refractivity contribution < 1.29 is 19.1 Å². The van der Waals surface area contributed by atoms with Gasteiger partial charge in [0.2, 0.25) is 5.91 Å². The van der Waals surface area contributed by atoms with Crippen molar-refractivity contribution in [1.29, 1.82) is 0 Å². The molecule has 1 amide bonds. The van der Waals surface area contributed by atoms with Gasteiger partial charge < -0.3 is 10.0 Å². The number of carbonyl (C=O) groups excluding carboxylic acids is 1. The Morgan fingerprint density at radius 1 is 1.53 bits per heavy atom. The number of amides is 1. The lowest BCUT2D eigenvalue weighted by Gasteiger charge is -2.16. The van der Waals surface area contributed by atoms with Crippen molar-refractivity contribution in [1.82, 2.24) is 0 Å². The van der Waals surface area contributed by atoms with Crippen LogP contribution in [0.2, 0.25) is 5.02 Å². The van der Waals surface area contributed by atoms with Gasteiger partial charge in [-0.25, -0.2) is 4.39 Å². The third-order valence-electron chi connectivity index (χ3n) is 2.72. The monoisotopic (exact) mass is 257 g/mol. The molecule has 0 spiro atoms. The van der Waals surface area contributed by atoms with Gasteiger partial charge in [0.25, 0.3) is 0 Å². The van der Waals surface area contributed by atoms with Crippen molar-refractivity contribution in [2.45, 2.75) is 6.42 Å². The molecule has 17 heavy (non-hydrogen) atoms. The minimum absolute atomic E-state index is 0.0888. The fourth-order valence-corrected chi connectivity index (χ4v) is 1.99. The molecule has 0 unspecified atom stereocenters. The van der Waals surface area contributed by atoms with Crippen LogP contribution in [0.15, 0.2) is 18.2 Å². The second-order valence-corrected chi connectivity index (χ2v) is 4.17. The summed E-state index contributed by atoms with van der Waals surface area (Å²) in [5.41, 5.74) is 0.421. The lowest BCUT2D eigenvalue weighted by Crippen LogP contribution is -2.30. The van der Waals surface area contributed by atoms with E-state index in [1.807, 2.05) is 0 Å². The minimum Gasteiger partial charge on any atom is -0.481 e. The van der Waals surface area contributed by atoms with Gasteiger partial charge in [0.05, 0.1) is 5.02 Å². The molecule has 4 nitrogen and oxygen atoms in total. The standard InChI is InChI=1S/C11H9ClFNO3/c12-8-5-6(1-2-9(8)13)14-4-3-7(10(14)15)11(16)17/h1-2,5,7H,3-4H2,(H,16,17)/t7-/m0/s1. The number of hydrogen-bond acceptors (Lipinski definition) is 2. The zero-order valence-corrected chi connectivity index (χ0v) is 9.45. The van der Waals surface area contributed by atoms with Gasteiger partial charge >= 0.3 is 5.97 Å². The largest absolute Gasteiger partial charge is 0.481 e.